The van der Waals surface area contributed by atoms with Gasteiger partial charge in [-0.25, -0.2) is 4.79 Å². The molecule has 5 nitrogen and oxygen atoms in total. The van der Waals surface area contributed by atoms with E-state index in [1.54, 1.807) is 0 Å². The van der Waals surface area contributed by atoms with E-state index in [2.05, 4.69) is 0 Å². The van der Waals surface area contributed by atoms with Crippen LogP contribution in [0.3, 0.4) is 0 Å². The molecule has 1 unspecified atom stereocenters. The standard InChI is InChI=1S/C13H10O.C3H7NO3/c14-13(11-7-3-1-4-8-11)12-9-5-2-6-10-12;4-1-2(5)3(6)7/h1-10H;2,5H,1,4H2,(H,6,7). The van der Waals surface area contributed by atoms with Gasteiger partial charge in [0.05, 0.1) is 0 Å². The summed E-state index contributed by atoms with van der Waals surface area (Å²) < 4.78 is 0. The molecule has 0 aliphatic heterocycles. The van der Waals surface area contributed by atoms with E-state index in [0.29, 0.717) is 0 Å². The summed E-state index contributed by atoms with van der Waals surface area (Å²) in [6.07, 6.45) is -1.40. The molecule has 5 heteroatoms. The first kappa shape index (κ1) is 16.6. The Balaban J connectivity index is 0.000000270. The molecule has 2 aromatic rings. The van der Waals surface area contributed by atoms with Gasteiger partial charge in [-0.2, -0.15) is 0 Å². The summed E-state index contributed by atoms with van der Waals surface area (Å²) in [6, 6.07) is 18.6. The molecule has 2 rings (SSSR count). The molecule has 0 aliphatic carbocycles. The van der Waals surface area contributed by atoms with Gasteiger partial charge in [0.25, 0.3) is 0 Å². The van der Waals surface area contributed by atoms with Crippen molar-refractivity contribution in [2.24, 2.45) is 5.73 Å². The van der Waals surface area contributed by atoms with Crippen LogP contribution in [-0.2, 0) is 4.79 Å². The van der Waals surface area contributed by atoms with Gasteiger partial charge in [0.1, 0.15) is 0 Å². The van der Waals surface area contributed by atoms with Crippen LogP contribution in [0, 0.1) is 0 Å². The van der Waals surface area contributed by atoms with E-state index < -0.39 is 12.1 Å². The Morgan fingerprint density at radius 3 is 1.52 bits per heavy atom. The number of aliphatic hydroxyl groups excluding tert-OH is 1. The third kappa shape index (κ3) is 5.56. The van der Waals surface area contributed by atoms with Crippen LogP contribution in [-0.4, -0.2) is 34.6 Å². The highest BCUT2D eigenvalue weighted by Crippen LogP contribution is 2.08. The van der Waals surface area contributed by atoms with Crippen LogP contribution in [0.15, 0.2) is 60.7 Å². The maximum Gasteiger partial charge on any atom is 0.333 e. The molecule has 0 fully saturated rings. The first-order valence-electron chi connectivity index (χ1n) is 6.32. The van der Waals surface area contributed by atoms with Crippen molar-refractivity contribution in [1.29, 1.82) is 0 Å². The molecule has 0 aliphatic rings. The van der Waals surface area contributed by atoms with Gasteiger partial charge < -0.3 is 15.9 Å². The van der Waals surface area contributed by atoms with Gasteiger partial charge in [-0.1, -0.05) is 60.7 Å². The van der Waals surface area contributed by atoms with Crippen LogP contribution in [0.2, 0.25) is 0 Å². The van der Waals surface area contributed by atoms with Gasteiger partial charge >= 0.3 is 5.97 Å². The quantitative estimate of drug-likeness (QED) is 0.736. The average Bonchev–Trinajstić information content (AvgIpc) is 2.55. The molecule has 2 aromatic carbocycles. The van der Waals surface area contributed by atoms with Crippen molar-refractivity contribution >= 4 is 11.8 Å². The Bertz CT molecular complexity index is 528. The normalized spacial score (nSPS) is 11.0. The number of rotatable bonds is 4. The number of aliphatic hydroxyl groups is 1. The number of carboxylic acids is 1. The smallest absolute Gasteiger partial charge is 0.333 e. The van der Waals surface area contributed by atoms with Gasteiger partial charge in [-0.3, -0.25) is 4.79 Å². The first-order valence-corrected chi connectivity index (χ1v) is 6.32. The summed E-state index contributed by atoms with van der Waals surface area (Å²) >= 11 is 0. The molecule has 0 heterocycles. The van der Waals surface area contributed by atoms with Crippen LogP contribution in [0.4, 0.5) is 0 Å². The number of carboxylic acid groups (broad SMARTS) is 1. The zero-order valence-corrected chi connectivity index (χ0v) is 11.3. The van der Waals surface area contributed by atoms with Crippen molar-refractivity contribution < 1.29 is 19.8 Å². The highest BCUT2D eigenvalue weighted by Gasteiger charge is 2.08. The van der Waals surface area contributed by atoms with Crippen molar-refractivity contribution in [3.8, 4) is 0 Å². The lowest BCUT2D eigenvalue weighted by atomic mass is 10.0. The third-order valence-electron chi connectivity index (χ3n) is 2.58. The predicted molar refractivity (Wildman–Crippen MR) is 79.0 cm³/mol. The predicted octanol–water partition coefficient (Wildman–Crippen LogP) is 1.31. The topological polar surface area (TPSA) is 101 Å². The van der Waals surface area contributed by atoms with E-state index in [-0.39, 0.29) is 12.3 Å². The molecule has 0 saturated carbocycles. The summed E-state index contributed by atoms with van der Waals surface area (Å²) in [7, 11) is 0. The number of carbonyl (C=O) groups excluding carboxylic acids is 1. The Labute approximate surface area is 122 Å². The summed E-state index contributed by atoms with van der Waals surface area (Å²) in [5.41, 5.74) is 6.21. The summed E-state index contributed by atoms with van der Waals surface area (Å²) in [5.74, 6) is -1.20. The number of nitrogens with two attached hydrogens (primary N) is 1. The maximum absolute atomic E-state index is 11.8. The third-order valence-corrected chi connectivity index (χ3v) is 2.58. The minimum absolute atomic E-state index is 0.0752. The zero-order chi connectivity index (χ0) is 15.7. The number of carbonyl (C=O) groups is 2. The first-order chi connectivity index (χ1) is 10.1. The molecule has 0 aromatic heterocycles. The number of aliphatic carboxylic acids is 1. The van der Waals surface area contributed by atoms with Gasteiger partial charge in [0.2, 0.25) is 0 Å². The molecule has 0 spiro atoms. The monoisotopic (exact) mass is 287 g/mol. The summed E-state index contributed by atoms with van der Waals surface area (Å²) in [5, 5.41) is 16.1. The molecule has 4 N–H and O–H groups in total. The minimum atomic E-state index is -1.40. The Morgan fingerprint density at radius 2 is 1.29 bits per heavy atom. The number of hydrogen-bond donors (Lipinski definition) is 3. The Morgan fingerprint density at radius 1 is 0.905 bits per heavy atom. The van der Waals surface area contributed by atoms with Gasteiger partial charge in [0.15, 0.2) is 11.9 Å². The van der Waals surface area contributed by atoms with Crippen LogP contribution in [0.5, 0.6) is 0 Å². The largest absolute Gasteiger partial charge is 0.479 e. The van der Waals surface area contributed by atoms with E-state index in [4.69, 9.17) is 15.9 Å². The molecule has 1 atom stereocenters. The second kappa shape index (κ2) is 8.63. The fraction of sp³-hybridized carbons (Fsp3) is 0.125. The molecule has 0 saturated heterocycles. The molecular formula is C16H17NO4. The highest BCUT2D eigenvalue weighted by atomic mass is 16.4. The van der Waals surface area contributed by atoms with E-state index >= 15 is 0 Å². The van der Waals surface area contributed by atoms with Crippen LogP contribution in [0.1, 0.15) is 15.9 Å². The van der Waals surface area contributed by atoms with Crippen LogP contribution >= 0.6 is 0 Å². The maximum atomic E-state index is 11.8. The van der Waals surface area contributed by atoms with Crippen LogP contribution in [0.25, 0.3) is 0 Å². The zero-order valence-electron chi connectivity index (χ0n) is 11.3. The van der Waals surface area contributed by atoms with Gasteiger partial charge in [-0.15, -0.1) is 0 Å². The van der Waals surface area contributed by atoms with E-state index in [1.165, 1.54) is 0 Å². The molecule has 0 bridgehead atoms. The fourth-order valence-electron chi connectivity index (χ4n) is 1.45. The van der Waals surface area contributed by atoms with Crippen molar-refractivity contribution in [3.05, 3.63) is 71.8 Å². The highest BCUT2D eigenvalue weighted by molar-refractivity contribution is 6.08. The van der Waals surface area contributed by atoms with Crippen LogP contribution < -0.4 is 5.73 Å². The van der Waals surface area contributed by atoms with Gasteiger partial charge in [-0.05, 0) is 0 Å². The number of hydrogen-bond acceptors (Lipinski definition) is 4. The van der Waals surface area contributed by atoms with Crippen molar-refractivity contribution in [2.45, 2.75) is 6.10 Å². The molecule has 0 amide bonds. The second-order valence-electron chi connectivity index (χ2n) is 4.15. The van der Waals surface area contributed by atoms with Crippen molar-refractivity contribution in [3.63, 3.8) is 0 Å². The molecule has 0 radical (unpaired) electrons. The average molecular weight is 287 g/mol. The second-order valence-corrected chi connectivity index (χ2v) is 4.15. The lowest BCUT2D eigenvalue weighted by Gasteiger charge is -1.99. The Kier molecular flexibility index (Phi) is 6.80. The molecule has 21 heavy (non-hydrogen) atoms. The number of ketones is 1. The molecule has 110 valence electrons. The minimum Gasteiger partial charge on any atom is -0.479 e. The van der Waals surface area contributed by atoms with Crippen molar-refractivity contribution in [2.75, 3.05) is 6.54 Å². The lowest BCUT2D eigenvalue weighted by Crippen LogP contribution is -2.28. The van der Waals surface area contributed by atoms with Crippen molar-refractivity contribution in [1.82, 2.24) is 0 Å². The summed E-state index contributed by atoms with van der Waals surface area (Å²) in [4.78, 5) is 21.4. The van der Waals surface area contributed by atoms with E-state index in [1.807, 2.05) is 60.7 Å². The Hall–Kier alpha value is -2.50. The lowest BCUT2D eigenvalue weighted by molar-refractivity contribution is -0.145. The fourth-order valence-corrected chi connectivity index (χ4v) is 1.45. The van der Waals surface area contributed by atoms with Gasteiger partial charge in [0, 0.05) is 17.7 Å². The summed E-state index contributed by atoms with van der Waals surface area (Å²) in [6.45, 7) is -0.227. The molecular weight excluding hydrogens is 270 g/mol. The van der Waals surface area contributed by atoms with E-state index in [0.717, 1.165) is 11.1 Å². The van der Waals surface area contributed by atoms with E-state index in [9.17, 15) is 9.59 Å². The SMILES string of the molecule is NCC(O)C(=O)O.O=C(c1ccccc1)c1ccccc1. The number of benzene rings is 2.